The van der Waals surface area contributed by atoms with Gasteiger partial charge in [-0.3, -0.25) is 0 Å². The minimum Gasteiger partial charge on any atom is -0.479 e. The van der Waals surface area contributed by atoms with E-state index < -0.39 is 12.1 Å². The first-order chi connectivity index (χ1) is 7.70. The van der Waals surface area contributed by atoms with Gasteiger partial charge in [0.05, 0.1) is 0 Å². The highest BCUT2D eigenvalue weighted by atomic mass is 16.4. The first-order valence-corrected chi connectivity index (χ1v) is 5.70. The van der Waals surface area contributed by atoms with E-state index in [1.807, 2.05) is 12.1 Å². The monoisotopic (exact) mass is 220 g/mol. The second-order valence-electron chi connectivity index (χ2n) is 4.35. The highest BCUT2D eigenvalue weighted by molar-refractivity contribution is 5.74. The molecule has 0 saturated heterocycles. The van der Waals surface area contributed by atoms with E-state index in [4.69, 9.17) is 5.11 Å². The Labute approximate surface area is 94.7 Å². The standard InChI is InChI=1S/C13H16O3/c14-12(13(15)16)11-8-4-3-7-10(11)9-5-1-2-6-9/h3-4,7-9,12,14H,1-2,5-6H2,(H,15,16)/t12-/m0/s1. The third-order valence-electron chi connectivity index (χ3n) is 3.32. The van der Waals surface area contributed by atoms with Crippen LogP contribution >= 0.6 is 0 Å². The maximum absolute atomic E-state index is 10.8. The van der Waals surface area contributed by atoms with Crippen molar-refractivity contribution in [2.45, 2.75) is 37.7 Å². The maximum atomic E-state index is 10.8. The molecule has 1 aromatic rings. The lowest BCUT2D eigenvalue weighted by Crippen LogP contribution is -2.13. The number of rotatable bonds is 3. The van der Waals surface area contributed by atoms with Crippen LogP contribution in [0.2, 0.25) is 0 Å². The smallest absolute Gasteiger partial charge is 0.337 e. The lowest BCUT2D eigenvalue weighted by atomic mass is 9.90. The van der Waals surface area contributed by atoms with Crippen LogP contribution in [0, 0.1) is 0 Å². The Morgan fingerprint density at radius 1 is 1.25 bits per heavy atom. The van der Waals surface area contributed by atoms with Gasteiger partial charge in [-0.05, 0) is 29.9 Å². The molecule has 1 atom stereocenters. The Morgan fingerprint density at radius 2 is 1.88 bits per heavy atom. The van der Waals surface area contributed by atoms with E-state index >= 15 is 0 Å². The van der Waals surface area contributed by atoms with Gasteiger partial charge in [-0.1, -0.05) is 37.1 Å². The number of carboxylic acid groups (broad SMARTS) is 1. The molecule has 2 N–H and O–H groups in total. The Hall–Kier alpha value is -1.35. The highest BCUT2D eigenvalue weighted by Gasteiger charge is 2.25. The molecule has 3 heteroatoms. The van der Waals surface area contributed by atoms with Gasteiger partial charge in [0.25, 0.3) is 0 Å². The van der Waals surface area contributed by atoms with Crippen molar-refractivity contribution in [1.29, 1.82) is 0 Å². The van der Waals surface area contributed by atoms with Crippen molar-refractivity contribution < 1.29 is 15.0 Å². The summed E-state index contributed by atoms with van der Waals surface area (Å²) in [6, 6.07) is 7.34. The Bertz CT molecular complexity index is 381. The van der Waals surface area contributed by atoms with Gasteiger partial charge >= 0.3 is 5.97 Å². The Balaban J connectivity index is 2.33. The Morgan fingerprint density at radius 3 is 2.50 bits per heavy atom. The van der Waals surface area contributed by atoms with Crippen LogP contribution in [-0.2, 0) is 4.79 Å². The van der Waals surface area contributed by atoms with Gasteiger partial charge in [-0.25, -0.2) is 4.79 Å². The van der Waals surface area contributed by atoms with Gasteiger partial charge in [0.1, 0.15) is 0 Å². The molecule has 0 spiro atoms. The third kappa shape index (κ3) is 2.09. The number of aliphatic hydroxyl groups is 1. The van der Waals surface area contributed by atoms with Gasteiger partial charge in [0, 0.05) is 0 Å². The van der Waals surface area contributed by atoms with Gasteiger partial charge < -0.3 is 10.2 Å². The molecular formula is C13H16O3. The van der Waals surface area contributed by atoms with Crippen LogP contribution < -0.4 is 0 Å². The van der Waals surface area contributed by atoms with Crippen LogP contribution in [0.5, 0.6) is 0 Å². The van der Waals surface area contributed by atoms with Crippen LogP contribution in [-0.4, -0.2) is 16.2 Å². The zero-order valence-electron chi connectivity index (χ0n) is 9.10. The number of hydrogen-bond donors (Lipinski definition) is 2. The van der Waals surface area contributed by atoms with Crippen molar-refractivity contribution in [1.82, 2.24) is 0 Å². The molecule has 1 fully saturated rings. The summed E-state index contributed by atoms with van der Waals surface area (Å²) in [5.74, 6) is -0.754. The number of aliphatic carboxylic acids is 1. The molecule has 1 aromatic carbocycles. The predicted octanol–water partition coefficient (Wildman–Crippen LogP) is 2.46. The van der Waals surface area contributed by atoms with Crippen LogP contribution in [0.25, 0.3) is 0 Å². The van der Waals surface area contributed by atoms with E-state index in [0.29, 0.717) is 11.5 Å². The number of benzene rings is 1. The normalized spacial score (nSPS) is 18.6. The molecule has 1 saturated carbocycles. The van der Waals surface area contributed by atoms with E-state index in [1.54, 1.807) is 12.1 Å². The van der Waals surface area contributed by atoms with Crippen molar-refractivity contribution in [3.05, 3.63) is 35.4 Å². The van der Waals surface area contributed by atoms with Crippen molar-refractivity contribution in [3.63, 3.8) is 0 Å². The average Bonchev–Trinajstić information content (AvgIpc) is 2.81. The molecule has 3 nitrogen and oxygen atoms in total. The summed E-state index contributed by atoms with van der Waals surface area (Å²) in [6.07, 6.45) is 3.20. The lowest BCUT2D eigenvalue weighted by molar-refractivity contribution is -0.147. The molecule has 86 valence electrons. The highest BCUT2D eigenvalue weighted by Crippen LogP contribution is 2.37. The second-order valence-corrected chi connectivity index (χ2v) is 4.35. The van der Waals surface area contributed by atoms with Crippen LogP contribution in [0.15, 0.2) is 24.3 Å². The van der Waals surface area contributed by atoms with E-state index in [1.165, 1.54) is 12.8 Å². The summed E-state index contributed by atoms with van der Waals surface area (Å²) in [7, 11) is 0. The molecule has 0 bridgehead atoms. The summed E-state index contributed by atoms with van der Waals surface area (Å²) in [4.78, 5) is 10.8. The van der Waals surface area contributed by atoms with Crippen molar-refractivity contribution in [2.24, 2.45) is 0 Å². The average molecular weight is 220 g/mol. The van der Waals surface area contributed by atoms with Crippen LogP contribution in [0.1, 0.15) is 48.8 Å². The fourth-order valence-electron chi connectivity index (χ4n) is 2.50. The molecule has 1 aliphatic rings. The lowest BCUT2D eigenvalue weighted by Gasteiger charge is -2.16. The third-order valence-corrected chi connectivity index (χ3v) is 3.32. The summed E-state index contributed by atoms with van der Waals surface area (Å²) in [6.45, 7) is 0. The predicted molar refractivity (Wildman–Crippen MR) is 60.2 cm³/mol. The zero-order chi connectivity index (χ0) is 11.5. The SMILES string of the molecule is O=C(O)[C@@H](O)c1ccccc1C1CCCC1. The van der Waals surface area contributed by atoms with E-state index in [-0.39, 0.29) is 0 Å². The van der Waals surface area contributed by atoms with E-state index in [9.17, 15) is 9.90 Å². The minimum atomic E-state index is -1.39. The van der Waals surface area contributed by atoms with Gasteiger partial charge in [0.2, 0.25) is 0 Å². The largest absolute Gasteiger partial charge is 0.479 e. The van der Waals surface area contributed by atoms with Gasteiger partial charge in [-0.15, -0.1) is 0 Å². The fourth-order valence-corrected chi connectivity index (χ4v) is 2.50. The van der Waals surface area contributed by atoms with Gasteiger partial charge in [0.15, 0.2) is 6.10 Å². The molecule has 0 aromatic heterocycles. The van der Waals surface area contributed by atoms with Crippen LogP contribution in [0.3, 0.4) is 0 Å². The molecule has 1 aliphatic carbocycles. The van der Waals surface area contributed by atoms with E-state index in [0.717, 1.165) is 18.4 Å². The number of aliphatic hydroxyl groups excluding tert-OH is 1. The summed E-state index contributed by atoms with van der Waals surface area (Å²) < 4.78 is 0. The number of hydrogen-bond acceptors (Lipinski definition) is 2. The zero-order valence-corrected chi connectivity index (χ0v) is 9.10. The van der Waals surface area contributed by atoms with Gasteiger partial charge in [-0.2, -0.15) is 0 Å². The number of carbonyl (C=O) groups is 1. The van der Waals surface area contributed by atoms with Crippen molar-refractivity contribution in [3.8, 4) is 0 Å². The second kappa shape index (κ2) is 4.66. The molecule has 0 radical (unpaired) electrons. The quantitative estimate of drug-likeness (QED) is 0.822. The first-order valence-electron chi connectivity index (χ1n) is 5.70. The molecular weight excluding hydrogens is 204 g/mol. The van der Waals surface area contributed by atoms with E-state index in [2.05, 4.69) is 0 Å². The Kier molecular flexibility index (Phi) is 3.25. The van der Waals surface area contributed by atoms with Crippen LogP contribution in [0.4, 0.5) is 0 Å². The van der Waals surface area contributed by atoms with Crippen molar-refractivity contribution in [2.75, 3.05) is 0 Å². The molecule has 0 heterocycles. The first kappa shape index (κ1) is 11.1. The topological polar surface area (TPSA) is 57.5 Å². The maximum Gasteiger partial charge on any atom is 0.337 e. The molecule has 16 heavy (non-hydrogen) atoms. The number of carboxylic acids is 1. The van der Waals surface area contributed by atoms with Crippen molar-refractivity contribution >= 4 is 5.97 Å². The molecule has 0 unspecified atom stereocenters. The molecule has 0 aliphatic heterocycles. The fraction of sp³-hybridized carbons (Fsp3) is 0.462. The summed E-state index contributed by atoms with van der Waals surface area (Å²) >= 11 is 0. The summed E-state index contributed by atoms with van der Waals surface area (Å²) in [5.41, 5.74) is 1.57. The summed E-state index contributed by atoms with van der Waals surface area (Å²) in [5, 5.41) is 18.5. The minimum absolute atomic E-state index is 0.421. The molecule has 0 amide bonds. The molecule has 2 rings (SSSR count).